The number of carbonyl (C=O) groups is 1. The van der Waals surface area contributed by atoms with E-state index in [2.05, 4.69) is 20.6 Å². The number of carbonyl (C=O) groups excluding carboxylic acids is 1. The largest absolute Gasteiger partial charge is 0.433 e. The van der Waals surface area contributed by atoms with Gasteiger partial charge in [0.15, 0.2) is 10.5 Å². The van der Waals surface area contributed by atoms with Crippen molar-refractivity contribution in [3.05, 3.63) is 28.0 Å². The molecule has 2 N–H and O–H groups in total. The number of aromatic amines is 1. The van der Waals surface area contributed by atoms with E-state index in [1.807, 2.05) is 4.57 Å². The predicted molar refractivity (Wildman–Crippen MR) is 89.3 cm³/mol. The minimum absolute atomic E-state index is 0.148. The maximum absolute atomic E-state index is 13.3. The van der Waals surface area contributed by atoms with E-state index in [1.54, 1.807) is 13.8 Å². The molecule has 0 saturated heterocycles. The van der Waals surface area contributed by atoms with Gasteiger partial charge in [0.1, 0.15) is 5.82 Å². The first-order valence-corrected chi connectivity index (χ1v) is 8.69. The molecule has 2 aromatic rings. The molecule has 0 aromatic carbocycles. The third-order valence-corrected chi connectivity index (χ3v) is 4.41. The van der Waals surface area contributed by atoms with Gasteiger partial charge in [-0.05, 0) is 38.9 Å². The Hall–Kier alpha value is -2.17. The number of amides is 1. The number of rotatable bonds is 6. The van der Waals surface area contributed by atoms with E-state index in [0.29, 0.717) is 23.1 Å². The molecule has 0 bridgehead atoms. The van der Waals surface area contributed by atoms with Crippen LogP contribution >= 0.6 is 12.2 Å². The van der Waals surface area contributed by atoms with Gasteiger partial charge in [-0.15, -0.1) is 0 Å². The highest BCUT2D eigenvalue weighted by molar-refractivity contribution is 7.71. The summed E-state index contributed by atoms with van der Waals surface area (Å²) in [6.45, 7) is 3.30. The molecule has 0 atom stereocenters. The normalized spacial score (nSPS) is 14.8. The van der Waals surface area contributed by atoms with Crippen LogP contribution in [0.15, 0.2) is 6.20 Å². The van der Waals surface area contributed by atoms with Crippen LogP contribution < -0.4 is 5.32 Å². The lowest BCUT2D eigenvalue weighted by molar-refractivity contribution is -0.145. The first-order chi connectivity index (χ1) is 12.2. The van der Waals surface area contributed by atoms with Gasteiger partial charge in [-0.1, -0.05) is 0 Å². The Balaban J connectivity index is 1.70. The van der Waals surface area contributed by atoms with Crippen LogP contribution in [0.25, 0.3) is 0 Å². The molecule has 1 amide bonds. The Kier molecular flexibility index (Phi) is 4.91. The van der Waals surface area contributed by atoms with Gasteiger partial charge in [-0.25, -0.2) is 0 Å². The average molecular weight is 388 g/mol. The van der Waals surface area contributed by atoms with E-state index in [4.69, 9.17) is 12.2 Å². The second-order valence-corrected chi connectivity index (χ2v) is 6.88. The molecule has 1 aliphatic rings. The lowest BCUT2D eigenvalue weighted by Gasteiger charge is -2.15. The summed E-state index contributed by atoms with van der Waals surface area (Å²) in [7, 11) is 0. The summed E-state index contributed by atoms with van der Waals surface area (Å²) in [5, 5.41) is 13.1. The lowest BCUT2D eigenvalue weighted by Crippen LogP contribution is -2.29. The van der Waals surface area contributed by atoms with Gasteiger partial charge in [0.05, 0.1) is 11.8 Å². The molecule has 2 aromatic heterocycles. The summed E-state index contributed by atoms with van der Waals surface area (Å²) in [6.07, 6.45) is -1.29. The van der Waals surface area contributed by atoms with E-state index >= 15 is 0 Å². The second kappa shape index (κ2) is 6.86. The van der Waals surface area contributed by atoms with Crippen molar-refractivity contribution < 1.29 is 18.0 Å². The van der Waals surface area contributed by atoms with E-state index in [1.165, 1.54) is 0 Å². The highest BCUT2D eigenvalue weighted by atomic mass is 32.1. The third-order valence-electron chi connectivity index (χ3n) is 4.12. The topological polar surface area (TPSA) is 80.5 Å². The molecule has 26 heavy (non-hydrogen) atoms. The minimum Gasteiger partial charge on any atom is -0.351 e. The summed E-state index contributed by atoms with van der Waals surface area (Å²) >= 11 is 5.17. The second-order valence-electron chi connectivity index (χ2n) is 6.49. The maximum Gasteiger partial charge on any atom is 0.433 e. The Labute approximate surface area is 152 Å². The van der Waals surface area contributed by atoms with E-state index in [-0.39, 0.29) is 6.54 Å². The predicted octanol–water partition coefficient (Wildman–Crippen LogP) is 3.04. The minimum atomic E-state index is -4.66. The fourth-order valence-electron chi connectivity index (χ4n) is 2.81. The van der Waals surface area contributed by atoms with Crippen LogP contribution in [0.2, 0.25) is 0 Å². The summed E-state index contributed by atoms with van der Waals surface area (Å²) in [5.74, 6) is -0.122. The number of hydrogen-bond acceptors (Lipinski definition) is 4. The quantitative estimate of drug-likeness (QED) is 0.746. The van der Waals surface area contributed by atoms with Crippen molar-refractivity contribution >= 4 is 18.1 Å². The molecule has 1 fully saturated rings. The fourth-order valence-corrected chi connectivity index (χ4v) is 3.11. The van der Waals surface area contributed by atoms with E-state index in [9.17, 15) is 18.0 Å². The molecular formula is C15H19F3N6OS. The summed E-state index contributed by atoms with van der Waals surface area (Å²) < 4.78 is 43.2. The zero-order valence-corrected chi connectivity index (χ0v) is 15.1. The Morgan fingerprint density at radius 2 is 2.15 bits per heavy atom. The van der Waals surface area contributed by atoms with Crippen molar-refractivity contribution in [2.45, 2.75) is 51.4 Å². The van der Waals surface area contributed by atoms with Gasteiger partial charge < -0.3 is 9.88 Å². The summed E-state index contributed by atoms with van der Waals surface area (Å²) in [5.41, 5.74) is -1.52. The number of aromatic nitrogens is 5. The molecule has 0 spiro atoms. The Bertz CT molecular complexity index is 862. The smallest absolute Gasteiger partial charge is 0.351 e. The molecule has 0 aliphatic heterocycles. The molecule has 3 rings (SSSR count). The Morgan fingerprint density at radius 1 is 1.46 bits per heavy atom. The van der Waals surface area contributed by atoms with Crippen LogP contribution in [-0.4, -0.2) is 37.0 Å². The van der Waals surface area contributed by atoms with E-state index < -0.39 is 29.4 Å². The van der Waals surface area contributed by atoms with Crippen molar-refractivity contribution in [2.24, 2.45) is 0 Å². The zero-order valence-electron chi connectivity index (χ0n) is 14.3. The summed E-state index contributed by atoms with van der Waals surface area (Å²) in [4.78, 5) is 12.3. The van der Waals surface area contributed by atoms with Gasteiger partial charge in [-0.3, -0.25) is 14.6 Å². The van der Waals surface area contributed by atoms with Gasteiger partial charge >= 0.3 is 6.18 Å². The van der Waals surface area contributed by atoms with Gasteiger partial charge in [-0.2, -0.15) is 23.4 Å². The number of hydrogen-bond donors (Lipinski definition) is 2. The van der Waals surface area contributed by atoms with Crippen LogP contribution in [0.1, 0.15) is 60.6 Å². The van der Waals surface area contributed by atoms with Crippen LogP contribution in [0.3, 0.4) is 0 Å². The first kappa shape index (κ1) is 18.6. The number of halogens is 3. The zero-order chi connectivity index (χ0) is 19.1. The first-order valence-electron chi connectivity index (χ1n) is 8.28. The molecule has 1 aliphatic carbocycles. The van der Waals surface area contributed by atoms with Crippen molar-refractivity contribution in [2.75, 3.05) is 6.54 Å². The molecule has 7 nitrogen and oxygen atoms in total. The molecule has 142 valence electrons. The van der Waals surface area contributed by atoms with Crippen molar-refractivity contribution in [3.63, 3.8) is 0 Å². The monoisotopic (exact) mass is 388 g/mol. The number of alkyl halides is 3. The molecular weight excluding hydrogens is 369 g/mol. The number of nitrogens with zero attached hydrogens (tertiary/aromatic N) is 4. The van der Waals surface area contributed by atoms with Crippen LogP contribution in [0.5, 0.6) is 0 Å². The van der Waals surface area contributed by atoms with Crippen LogP contribution in [0, 0.1) is 4.77 Å². The molecule has 0 radical (unpaired) electrons. The van der Waals surface area contributed by atoms with Crippen LogP contribution in [0.4, 0.5) is 13.2 Å². The SMILES string of the molecule is CC(C)n1ncc(C(=O)NCCc2n[nH]c(=S)n2C2CC2)c1C(F)(F)F. The molecule has 0 unspecified atom stereocenters. The molecule has 2 heterocycles. The van der Waals surface area contributed by atoms with Gasteiger partial charge in [0.25, 0.3) is 5.91 Å². The van der Waals surface area contributed by atoms with Crippen LogP contribution in [-0.2, 0) is 12.6 Å². The fraction of sp³-hybridized carbons (Fsp3) is 0.600. The third kappa shape index (κ3) is 3.67. The highest BCUT2D eigenvalue weighted by Gasteiger charge is 2.40. The standard InChI is InChI=1S/C15H19F3N6OS/c1-8(2)24-12(15(16,17)18)10(7-20-24)13(25)19-6-5-11-21-22-14(26)23(11)9-3-4-9/h7-9H,3-6H2,1-2H3,(H,19,25)(H,22,26). The number of H-pyrrole nitrogens is 1. The van der Waals surface area contributed by atoms with Crippen molar-refractivity contribution in [3.8, 4) is 0 Å². The number of nitrogens with one attached hydrogen (secondary N) is 2. The average Bonchev–Trinajstić information content (AvgIpc) is 3.14. The van der Waals surface area contributed by atoms with E-state index in [0.717, 1.165) is 23.7 Å². The van der Waals surface area contributed by atoms with Gasteiger partial charge in [0, 0.05) is 25.0 Å². The molecule has 11 heteroatoms. The van der Waals surface area contributed by atoms with Gasteiger partial charge in [0.2, 0.25) is 0 Å². The van der Waals surface area contributed by atoms with Crippen molar-refractivity contribution in [1.82, 2.24) is 29.9 Å². The maximum atomic E-state index is 13.3. The van der Waals surface area contributed by atoms with Crippen molar-refractivity contribution in [1.29, 1.82) is 0 Å². The lowest BCUT2D eigenvalue weighted by atomic mass is 10.2. The highest BCUT2D eigenvalue weighted by Crippen LogP contribution is 2.36. The molecule has 1 saturated carbocycles. The Morgan fingerprint density at radius 3 is 2.73 bits per heavy atom. The summed E-state index contributed by atoms with van der Waals surface area (Å²) in [6, 6.07) is -0.187.